The minimum atomic E-state index is -0.278. The third kappa shape index (κ3) is 3.48. The van der Waals surface area contributed by atoms with Gasteiger partial charge in [-0.3, -0.25) is 4.90 Å². The largest absolute Gasteiger partial charge is 0.504 e. The topological polar surface area (TPSA) is 65.0 Å². The highest BCUT2D eigenvalue weighted by molar-refractivity contribution is 5.43. The molecule has 5 nitrogen and oxygen atoms in total. The summed E-state index contributed by atoms with van der Waals surface area (Å²) in [6, 6.07) is 5.54. The second kappa shape index (κ2) is 6.64. The number of aliphatic hydroxyl groups excluding tert-OH is 1. The molecule has 0 unspecified atom stereocenters. The Kier molecular flexibility index (Phi) is 5.08. The first-order valence-corrected chi connectivity index (χ1v) is 7.42. The molecular formula is C16H26N2O3. The zero-order valence-corrected chi connectivity index (χ0v) is 13.1. The molecule has 1 aliphatic rings. The van der Waals surface area contributed by atoms with Crippen LogP contribution in [0.25, 0.3) is 0 Å². The van der Waals surface area contributed by atoms with Gasteiger partial charge < -0.3 is 20.3 Å². The molecule has 0 radical (unpaired) electrons. The minimum Gasteiger partial charge on any atom is -0.504 e. The van der Waals surface area contributed by atoms with Crippen molar-refractivity contribution >= 4 is 0 Å². The number of hydrogen-bond donors (Lipinski definition) is 3. The van der Waals surface area contributed by atoms with Crippen LogP contribution in [-0.2, 0) is 0 Å². The molecule has 3 N–H and O–H groups in total. The molecular weight excluding hydrogens is 268 g/mol. The van der Waals surface area contributed by atoms with E-state index in [-0.39, 0.29) is 23.8 Å². The van der Waals surface area contributed by atoms with Gasteiger partial charge in [0.05, 0.1) is 7.11 Å². The number of ether oxygens (including phenoxy) is 1. The first-order chi connectivity index (χ1) is 9.99. The average molecular weight is 294 g/mol. The van der Waals surface area contributed by atoms with Gasteiger partial charge in [0.15, 0.2) is 11.5 Å². The predicted molar refractivity (Wildman–Crippen MR) is 82.7 cm³/mol. The van der Waals surface area contributed by atoms with E-state index in [9.17, 15) is 10.2 Å². The summed E-state index contributed by atoms with van der Waals surface area (Å²) >= 11 is 0. The van der Waals surface area contributed by atoms with Gasteiger partial charge >= 0.3 is 0 Å². The SMILES string of the molecule is COc1cc([C@H](N2CCNCC2)C(C)(C)CO)ccc1O. The molecule has 118 valence electrons. The third-order valence-electron chi connectivity index (χ3n) is 4.18. The van der Waals surface area contributed by atoms with Gasteiger partial charge in [0, 0.05) is 44.2 Å². The number of nitrogens with one attached hydrogen (secondary N) is 1. The molecule has 0 spiro atoms. The fraction of sp³-hybridized carbons (Fsp3) is 0.625. The van der Waals surface area contributed by atoms with E-state index in [4.69, 9.17) is 4.74 Å². The van der Waals surface area contributed by atoms with Crippen molar-refractivity contribution < 1.29 is 14.9 Å². The van der Waals surface area contributed by atoms with E-state index in [1.807, 2.05) is 12.1 Å². The molecule has 2 rings (SSSR count). The van der Waals surface area contributed by atoms with Gasteiger partial charge in [-0.2, -0.15) is 0 Å². The van der Waals surface area contributed by atoms with Crippen LogP contribution in [0.3, 0.4) is 0 Å². The summed E-state index contributed by atoms with van der Waals surface area (Å²) in [5.41, 5.74) is 0.782. The number of methoxy groups -OCH3 is 1. The Bertz CT molecular complexity index is 471. The molecule has 21 heavy (non-hydrogen) atoms. The molecule has 1 atom stereocenters. The fourth-order valence-corrected chi connectivity index (χ4v) is 3.05. The molecule has 0 amide bonds. The second-order valence-corrected chi connectivity index (χ2v) is 6.27. The summed E-state index contributed by atoms with van der Waals surface area (Å²) in [6.45, 7) is 8.03. The fourth-order valence-electron chi connectivity index (χ4n) is 3.05. The van der Waals surface area contributed by atoms with E-state index in [0.29, 0.717) is 5.75 Å². The molecule has 0 bridgehead atoms. The van der Waals surface area contributed by atoms with Gasteiger partial charge in [0.25, 0.3) is 0 Å². The summed E-state index contributed by atoms with van der Waals surface area (Å²) in [7, 11) is 1.55. The minimum absolute atomic E-state index is 0.0825. The van der Waals surface area contributed by atoms with E-state index in [0.717, 1.165) is 31.7 Å². The number of nitrogens with zero attached hydrogens (tertiary/aromatic N) is 1. The highest BCUT2D eigenvalue weighted by Crippen LogP contribution is 2.40. The average Bonchev–Trinajstić information content (AvgIpc) is 2.50. The van der Waals surface area contributed by atoms with E-state index in [2.05, 4.69) is 24.1 Å². The van der Waals surface area contributed by atoms with Gasteiger partial charge in [-0.25, -0.2) is 0 Å². The molecule has 1 aromatic carbocycles. The van der Waals surface area contributed by atoms with Crippen LogP contribution in [0.5, 0.6) is 11.5 Å². The van der Waals surface area contributed by atoms with E-state index in [1.54, 1.807) is 13.2 Å². The van der Waals surface area contributed by atoms with Crippen molar-refractivity contribution in [2.75, 3.05) is 39.9 Å². The third-order valence-corrected chi connectivity index (χ3v) is 4.18. The molecule has 1 saturated heterocycles. The maximum Gasteiger partial charge on any atom is 0.160 e. The van der Waals surface area contributed by atoms with Gasteiger partial charge in [0.1, 0.15) is 0 Å². The van der Waals surface area contributed by atoms with Crippen LogP contribution >= 0.6 is 0 Å². The Balaban J connectivity index is 2.38. The lowest BCUT2D eigenvalue weighted by Crippen LogP contribution is -2.49. The quantitative estimate of drug-likeness (QED) is 0.765. The number of hydrogen-bond acceptors (Lipinski definition) is 5. The second-order valence-electron chi connectivity index (χ2n) is 6.27. The highest BCUT2D eigenvalue weighted by atomic mass is 16.5. The van der Waals surface area contributed by atoms with Crippen molar-refractivity contribution in [2.45, 2.75) is 19.9 Å². The van der Waals surface area contributed by atoms with Crippen LogP contribution in [-0.4, -0.2) is 55.0 Å². The Labute approximate surface area is 126 Å². The smallest absolute Gasteiger partial charge is 0.160 e. The first kappa shape index (κ1) is 16.1. The van der Waals surface area contributed by atoms with Crippen LogP contribution in [0.1, 0.15) is 25.5 Å². The van der Waals surface area contributed by atoms with Gasteiger partial charge in [-0.1, -0.05) is 19.9 Å². The number of rotatable bonds is 5. The molecule has 1 heterocycles. The normalized spacial score (nSPS) is 18.5. The van der Waals surface area contributed by atoms with Gasteiger partial charge in [-0.05, 0) is 17.7 Å². The van der Waals surface area contributed by atoms with Crippen LogP contribution in [0.2, 0.25) is 0 Å². The Hall–Kier alpha value is -1.30. The van der Waals surface area contributed by atoms with Gasteiger partial charge in [0.2, 0.25) is 0 Å². The molecule has 1 fully saturated rings. The molecule has 1 aromatic rings. The number of phenolic OH excluding ortho intramolecular Hbond substituents is 1. The maximum absolute atomic E-state index is 9.81. The van der Waals surface area contributed by atoms with Crippen molar-refractivity contribution in [3.63, 3.8) is 0 Å². The molecule has 1 aliphatic heterocycles. The van der Waals surface area contributed by atoms with Crippen LogP contribution in [0, 0.1) is 5.41 Å². The Morgan fingerprint density at radius 1 is 1.33 bits per heavy atom. The Morgan fingerprint density at radius 2 is 2.00 bits per heavy atom. The van der Waals surface area contributed by atoms with E-state index >= 15 is 0 Å². The number of benzene rings is 1. The molecule has 0 aliphatic carbocycles. The first-order valence-electron chi connectivity index (χ1n) is 7.42. The summed E-state index contributed by atoms with van der Waals surface area (Å²) in [4.78, 5) is 2.39. The maximum atomic E-state index is 9.81. The van der Waals surface area contributed by atoms with Crippen molar-refractivity contribution in [3.8, 4) is 11.5 Å². The van der Waals surface area contributed by atoms with E-state index in [1.165, 1.54) is 0 Å². The van der Waals surface area contributed by atoms with Crippen LogP contribution < -0.4 is 10.1 Å². The number of aromatic hydroxyl groups is 1. The molecule has 5 heteroatoms. The summed E-state index contributed by atoms with van der Waals surface area (Å²) in [5.74, 6) is 0.614. The number of piperazine rings is 1. The summed E-state index contributed by atoms with van der Waals surface area (Å²) < 4.78 is 5.23. The van der Waals surface area contributed by atoms with Crippen molar-refractivity contribution in [2.24, 2.45) is 5.41 Å². The lowest BCUT2D eigenvalue weighted by Gasteiger charge is -2.43. The van der Waals surface area contributed by atoms with Crippen molar-refractivity contribution in [1.82, 2.24) is 10.2 Å². The monoisotopic (exact) mass is 294 g/mol. The standard InChI is InChI=1S/C16H26N2O3/c1-16(2,11-19)15(18-8-6-17-7-9-18)12-4-5-13(20)14(10-12)21-3/h4-5,10,15,17,19-20H,6-9,11H2,1-3H3/t15-/m0/s1. The number of phenols is 1. The molecule has 0 aromatic heterocycles. The van der Waals surface area contributed by atoms with Crippen molar-refractivity contribution in [1.29, 1.82) is 0 Å². The highest BCUT2D eigenvalue weighted by Gasteiger charge is 2.35. The molecule has 0 saturated carbocycles. The number of aliphatic hydroxyl groups is 1. The predicted octanol–water partition coefficient (Wildman–Crippen LogP) is 1.37. The zero-order valence-electron chi connectivity index (χ0n) is 13.1. The lowest BCUT2D eigenvalue weighted by molar-refractivity contribution is 0.0304. The van der Waals surface area contributed by atoms with Crippen molar-refractivity contribution in [3.05, 3.63) is 23.8 Å². The summed E-state index contributed by atoms with van der Waals surface area (Å²) in [6.07, 6.45) is 0. The lowest BCUT2D eigenvalue weighted by atomic mass is 9.79. The summed E-state index contributed by atoms with van der Waals surface area (Å²) in [5, 5.41) is 23.0. The van der Waals surface area contributed by atoms with Gasteiger partial charge in [-0.15, -0.1) is 0 Å². The zero-order chi connectivity index (χ0) is 15.5. The van der Waals surface area contributed by atoms with E-state index < -0.39 is 0 Å². The van der Waals surface area contributed by atoms with Crippen LogP contribution in [0.15, 0.2) is 18.2 Å². The Morgan fingerprint density at radius 3 is 2.57 bits per heavy atom. The van der Waals surface area contributed by atoms with Crippen LogP contribution in [0.4, 0.5) is 0 Å².